The first-order valence-electron chi connectivity index (χ1n) is 13.0. The summed E-state index contributed by atoms with van der Waals surface area (Å²) < 4.78 is 41.5. The lowest BCUT2D eigenvalue weighted by atomic mass is 9.93. The molecule has 0 aliphatic rings. The second-order valence-corrected chi connectivity index (χ2v) is 10.3. The average molecular weight is 553 g/mol. The van der Waals surface area contributed by atoms with Gasteiger partial charge in [-0.15, -0.1) is 0 Å². The third kappa shape index (κ3) is 6.16. The number of rotatable bonds is 9. The molecule has 4 aromatic rings. The van der Waals surface area contributed by atoms with E-state index in [0.717, 1.165) is 45.6 Å². The van der Waals surface area contributed by atoms with E-state index in [9.17, 15) is 22.8 Å². The Hall–Kier alpha value is -4.21. The molecule has 7 nitrogen and oxygen atoms in total. The zero-order valence-electron chi connectivity index (χ0n) is 22.7. The quantitative estimate of drug-likeness (QED) is 0.245. The molecule has 0 aliphatic heterocycles. The fourth-order valence-corrected chi connectivity index (χ4v) is 4.88. The molecule has 0 aliphatic carbocycles. The number of amides is 1. The molecule has 10 heteroatoms. The lowest BCUT2D eigenvalue weighted by molar-refractivity contribution is -0.138. The van der Waals surface area contributed by atoms with Gasteiger partial charge in [-0.1, -0.05) is 32.0 Å². The summed E-state index contributed by atoms with van der Waals surface area (Å²) in [6.45, 7) is 7.84. The van der Waals surface area contributed by atoms with Crippen LogP contribution in [0.4, 0.5) is 13.2 Å². The summed E-state index contributed by atoms with van der Waals surface area (Å²) in [7, 11) is 0. The minimum absolute atomic E-state index is 0.0141. The molecule has 0 bridgehead atoms. The molecule has 1 unspecified atom stereocenters. The minimum atomic E-state index is -4.40. The number of alkyl halides is 3. The van der Waals surface area contributed by atoms with Crippen LogP contribution in [0.15, 0.2) is 54.9 Å². The highest BCUT2D eigenvalue weighted by atomic mass is 19.4. The van der Waals surface area contributed by atoms with Gasteiger partial charge >= 0.3 is 12.1 Å². The zero-order valence-corrected chi connectivity index (χ0v) is 22.7. The molecule has 0 fully saturated rings. The van der Waals surface area contributed by atoms with Crippen LogP contribution in [0.2, 0.25) is 0 Å². The first-order valence-corrected chi connectivity index (χ1v) is 13.0. The molecular weight excluding hydrogens is 521 g/mol. The Bertz CT molecular complexity index is 1540. The number of nitrogens with zero attached hydrogens (tertiary/aromatic N) is 3. The van der Waals surface area contributed by atoms with Crippen molar-refractivity contribution in [1.82, 2.24) is 20.1 Å². The van der Waals surface area contributed by atoms with Crippen LogP contribution in [0.3, 0.4) is 0 Å². The standard InChI is InChI=1S/C30H31F3N4O3/c1-17(2)13-27(20-5-9-25(35-15-20)29(40)34-12-11-28(38)39)37-26-10-8-23(19(4)24(26)16-36-37)22-7-6-21(14-18(22)3)30(31,32)33/h5-10,14-17,27H,11-13H2,1-4H3,(H,34,40)(H,38,39). The normalized spacial score (nSPS) is 12.6. The molecule has 1 amide bonds. The van der Waals surface area contributed by atoms with Crippen LogP contribution < -0.4 is 5.32 Å². The molecule has 0 saturated heterocycles. The maximum Gasteiger partial charge on any atom is 0.416 e. The van der Waals surface area contributed by atoms with Crippen molar-refractivity contribution in [3.8, 4) is 11.1 Å². The van der Waals surface area contributed by atoms with Crippen molar-refractivity contribution in [2.75, 3.05) is 6.54 Å². The van der Waals surface area contributed by atoms with E-state index in [-0.39, 0.29) is 24.7 Å². The van der Waals surface area contributed by atoms with Crippen molar-refractivity contribution in [1.29, 1.82) is 0 Å². The number of carboxylic acid groups (broad SMARTS) is 1. The van der Waals surface area contributed by atoms with Crippen LogP contribution in [0, 0.1) is 19.8 Å². The van der Waals surface area contributed by atoms with Gasteiger partial charge in [-0.3, -0.25) is 19.3 Å². The number of hydrogen-bond acceptors (Lipinski definition) is 4. The monoisotopic (exact) mass is 552 g/mol. The van der Waals surface area contributed by atoms with Crippen molar-refractivity contribution in [3.05, 3.63) is 82.8 Å². The molecule has 0 radical (unpaired) electrons. The maximum atomic E-state index is 13.2. The number of aryl methyl sites for hydroxylation is 2. The molecule has 1 atom stereocenters. The van der Waals surface area contributed by atoms with Crippen LogP contribution in [-0.4, -0.2) is 38.3 Å². The fraction of sp³-hybridized carbons (Fsp3) is 0.333. The lowest BCUT2D eigenvalue weighted by Crippen LogP contribution is -2.27. The molecular formula is C30H31F3N4O3. The van der Waals surface area contributed by atoms with E-state index in [1.807, 2.05) is 29.8 Å². The van der Waals surface area contributed by atoms with E-state index in [1.165, 1.54) is 12.1 Å². The predicted molar refractivity (Wildman–Crippen MR) is 146 cm³/mol. The minimum Gasteiger partial charge on any atom is -0.481 e. The molecule has 210 valence electrons. The highest BCUT2D eigenvalue weighted by Crippen LogP contribution is 2.37. The van der Waals surface area contributed by atoms with Crippen LogP contribution >= 0.6 is 0 Å². The second-order valence-electron chi connectivity index (χ2n) is 10.3. The number of hydrogen-bond donors (Lipinski definition) is 2. The summed E-state index contributed by atoms with van der Waals surface area (Å²) in [5.41, 5.74) is 4.30. The molecule has 2 aromatic carbocycles. The molecule has 0 saturated carbocycles. The van der Waals surface area contributed by atoms with Crippen molar-refractivity contribution < 1.29 is 27.9 Å². The molecule has 40 heavy (non-hydrogen) atoms. The van der Waals surface area contributed by atoms with Gasteiger partial charge in [0.15, 0.2) is 0 Å². The van der Waals surface area contributed by atoms with Crippen LogP contribution in [0.5, 0.6) is 0 Å². The van der Waals surface area contributed by atoms with Gasteiger partial charge in [0.25, 0.3) is 5.91 Å². The highest BCUT2D eigenvalue weighted by Gasteiger charge is 2.31. The summed E-state index contributed by atoms with van der Waals surface area (Å²) in [5, 5.41) is 16.9. The zero-order chi connectivity index (χ0) is 29.2. The van der Waals surface area contributed by atoms with Crippen molar-refractivity contribution in [2.24, 2.45) is 5.92 Å². The average Bonchev–Trinajstić information content (AvgIpc) is 3.32. The number of carbonyl (C=O) groups excluding carboxylic acids is 1. The first kappa shape index (κ1) is 28.8. The highest BCUT2D eigenvalue weighted by molar-refractivity contribution is 5.92. The summed E-state index contributed by atoms with van der Waals surface area (Å²) in [6, 6.07) is 10.9. The van der Waals surface area contributed by atoms with Crippen molar-refractivity contribution >= 4 is 22.8 Å². The number of aromatic nitrogens is 3. The number of aliphatic carboxylic acids is 1. The molecule has 4 rings (SSSR count). The third-order valence-corrected chi connectivity index (χ3v) is 6.91. The summed E-state index contributed by atoms with van der Waals surface area (Å²) in [4.78, 5) is 27.3. The Kier molecular flexibility index (Phi) is 8.27. The number of carbonyl (C=O) groups is 2. The van der Waals surface area contributed by atoms with Gasteiger partial charge in [-0.05, 0) is 78.3 Å². The summed E-state index contributed by atoms with van der Waals surface area (Å²) in [6.07, 6.45) is -0.405. The number of benzene rings is 2. The number of fused-ring (bicyclic) bond motifs is 1. The molecule has 2 heterocycles. The number of nitrogens with one attached hydrogen (secondary N) is 1. The van der Waals surface area contributed by atoms with E-state index in [2.05, 4.69) is 24.1 Å². The van der Waals surface area contributed by atoms with Crippen molar-refractivity contribution in [3.63, 3.8) is 0 Å². The maximum absolute atomic E-state index is 13.2. The van der Waals surface area contributed by atoms with Gasteiger partial charge in [-0.2, -0.15) is 18.3 Å². The van der Waals surface area contributed by atoms with Crippen molar-refractivity contribution in [2.45, 2.75) is 52.8 Å². The third-order valence-electron chi connectivity index (χ3n) is 6.91. The molecule has 2 aromatic heterocycles. The smallest absolute Gasteiger partial charge is 0.416 e. The summed E-state index contributed by atoms with van der Waals surface area (Å²) in [5.74, 6) is -1.12. The van der Waals surface area contributed by atoms with Crippen LogP contribution in [0.1, 0.15) is 65.5 Å². The van der Waals surface area contributed by atoms with E-state index in [4.69, 9.17) is 10.2 Å². The van der Waals surface area contributed by atoms with Gasteiger partial charge in [-0.25, -0.2) is 0 Å². The van der Waals surface area contributed by atoms with Gasteiger partial charge in [0.1, 0.15) is 5.69 Å². The number of halogens is 3. The van der Waals surface area contributed by atoms with E-state index < -0.39 is 23.6 Å². The van der Waals surface area contributed by atoms with Crippen LogP contribution in [-0.2, 0) is 11.0 Å². The summed E-state index contributed by atoms with van der Waals surface area (Å²) >= 11 is 0. The first-order chi connectivity index (χ1) is 18.9. The Balaban J connectivity index is 1.67. The Morgan fingerprint density at radius 1 is 1.02 bits per heavy atom. The number of carboxylic acids is 1. The van der Waals surface area contributed by atoms with E-state index in [0.29, 0.717) is 11.5 Å². The Labute approximate surface area is 230 Å². The van der Waals surface area contributed by atoms with Gasteiger partial charge in [0, 0.05) is 18.1 Å². The topological polar surface area (TPSA) is 97.1 Å². The van der Waals surface area contributed by atoms with Gasteiger partial charge in [0.05, 0.1) is 29.7 Å². The number of pyridine rings is 1. The largest absolute Gasteiger partial charge is 0.481 e. The fourth-order valence-electron chi connectivity index (χ4n) is 4.88. The second kappa shape index (κ2) is 11.5. The predicted octanol–water partition coefficient (Wildman–Crippen LogP) is 6.57. The van der Waals surface area contributed by atoms with Gasteiger partial charge < -0.3 is 10.4 Å². The van der Waals surface area contributed by atoms with E-state index >= 15 is 0 Å². The lowest BCUT2D eigenvalue weighted by Gasteiger charge is -2.21. The Morgan fingerprint density at radius 3 is 2.35 bits per heavy atom. The molecule has 0 spiro atoms. The van der Waals surface area contributed by atoms with Crippen LogP contribution in [0.25, 0.3) is 22.0 Å². The van der Waals surface area contributed by atoms with Gasteiger partial charge in [0.2, 0.25) is 0 Å². The van der Waals surface area contributed by atoms with E-state index in [1.54, 1.807) is 25.4 Å². The SMILES string of the molecule is Cc1cc(C(F)(F)F)ccc1-c1ccc2c(cnn2C(CC(C)C)c2ccc(C(=O)NCCC(=O)O)nc2)c1C. The Morgan fingerprint density at radius 2 is 1.75 bits per heavy atom. The molecule has 2 N–H and O–H groups in total.